The molecule has 3 atom stereocenters. The van der Waals surface area contributed by atoms with E-state index in [1.165, 1.54) is 64.5 Å². The van der Waals surface area contributed by atoms with E-state index in [4.69, 9.17) is 4.74 Å². The first kappa shape index (κ1) is 14.3. The van der Waals surface area contributed by atoms with Crippen molar-refractivity contribution in [1.82, 2.24) is 5.32 Å². The Morgan fingerprint density at radius 1 is 1.17 bits per heavy atom. The van der Waals surface area contributed by atoms with Gasteiger partial charge in [-0.05, 0) is 57.5 Å². The van der Waals surface area contributed by atoms with Crippen molar-refractivity contribution in [2.45, 2.75) is 77.4 Å². The van der Waals surface area contributed by atoms with E-state index in [2.05, 4.69) is 19.2 Å². The Balaban J connectivity index is 1.79. The van der Waals surface area contributed by atoms with Gasteiger partial charge in [0.2, 0.25) is 0 Å². The predicted octanol–water partition coefficient (Wildman–Crippen LogP) is 3.75. The summed E-state index contributed by atoms with van der Waals surface area (Å²) in [5.74, 6) is 1.82. The molecule has 0 aromatic carbocycles. The van der Waals surface area contributed by atoms with Gasteiger partial charge in [-0.25, -0.2) is 0 Å². The van der Waals surface area contributed by atoms with E-state index in [-0.39, 0.29) is 0 Å². The van der Waals surface area contributed by atoms with Gasteiger partial charge < -0.3 is 10.1 Å². The van der Waals surface area contributed by atoms with Gasteiger partial charge in [-0.2, -0.15) is 0 Å². The van der Waals surface area contributed by atoms with Crippen molar-refractivity contribution in [3.05, 3.63) is 0 Å². The summed E-state index contributed by atoms with van der Waals surface area (Å²) in [4.78, 5) is 0. The number of rotatable bonds is 7. The Morgan fingerprint density at radius 3 is 2.56 bits per heavy atom. The molecular formula is C16H31NO. The molecule has 2 rings (SSSR count). The molecule has 2 nitrogen and oxygen atoms in total. The van der Waals surface area contributed by atoms with Crippen LogP contribution in [0.1, 0.15) is 65.2 Å². The second-order valence-corrected chi connectivity index (χ2v) is 6.39. The third kappa shape index (κ3) is 4.24. The van der Waals surface area contributed by atoms with Crippen molar-refractivity contribution in [3.8, 4) is 0 Å². The first-order valence-corrected chi connectivity index (χ1v) is 8.15. The van der Waals surface area contributed by atoms with Crippen LogP contribution in [-0.2, 0) is 4.74 Å². The Labute approximate surface area is 113 Å². The minimum Gasteiger partial charge on any atom is -0.375 e. The third-order valence-corrected chi connectivity index (χ3v) is 4.79. The predicted molar refractivity (Wildman–Crippen MR) is 76.8 cm³/mol. The monoisotopic (exact) mass is 253 g/mol. The highest BCUT2D eigenvalue weighted by Gasteiger charge is 2.30. The van der Waals surface area contributed by atoms with Crippen LogP contribution in [0.25, 0.3) is 0 Å². The quantitative estimate of drug-likeness (QED) is 0.698. The molecule has 1 saturated carbocycles. The Bertz CT molecular complexity index is 225. The lowest BCUT2D eigenvalue weighted by Crippen LogP contribution is -2.31. The number of hydrogen-bond acceptors (Lipinski definition) is 2. The lowest BCUT2D eigenvalue weighted by atomic mass is 9.85. The summed E-state index contributed by atoms with van der Waals surface area (Å²) >= 11 is 0. The smallest absolute Gasteiger partial charge is 0.0583 e. The highest BCUT2D eigenvalue weighted by atomic mass is 16.5. The van der Waals surface area contributed by atoms with Crippen LogP contribution >= 0.6 is 0 Å². The summed E-state index contributed by atoms with van der Waals surface area (Å²) in [6, 6.07) is 0. The van der Waals surface area contributed by atoms with E-state index in [9.17, 15) is 0 Å². The van der Waals surface area contributed by atoms with Crippen LogP contribution < -0.4 is 5.32 Å². The van der Waals surface area contributed by atoms with Crippen LogP contribution in [0.3, 0.4) is 0 Å². The van der Waals surface area contributed by atoms with E-state index >= 15 is 0 Å². The molecule has 0 bridgehead atoms. The molecule has 0 amide bonds. The molecule has 2 aliphatic rings. The van der Waals surface area contributed by atoms with Gasteiger partial charge in [0.25, 0.3) is 0 Å². The molecule has 0 radical (unpaired) electrons. The van der Waals surface area contributed by atoms with Gasteiger partial charge in [0.05, 0.1) is 12.2 Å². The third-order valence-electron chi connectivity index (χ3n) is 4.79. The summed E-state index contributed by atoms with van der Waals surface area (Å²) in [5, 5.41) is 3.64. The maximum atomic E-state index is 6.03. The Morgan fingerprint density at radius 2 is 1.94 bits per heavy atom. The zero-order valence-corrected chi connectivity index (χ0v) is 12.3. The molecule has 0 spiro atoms. The SMILES string of the molecule is CCCNCC(CC1CCC(C)O1)C1CCCC1. The lowest BCUT2D eigenvalue weighted by Gasteiger charge is -2.26. The molecule has 1 aliphatic heterocycles. The van der Waals surface area contributed by atoms with Crippen LogP contribution in [-0.4, -0.2) is 25.3 Å². The van der Waals surface area contributed by atoms with Gasteiger partial charge in [0, 0.05) is 0 Å². The van der Waals surface area contributed by atoms with Gasteiger partial charge in [-0.3, -0.25) is 0 Å². The van der Waals surface area contributed by atoms with Crippen LogP contribution in [0, 0.1) is 11.8 Å². The first-order valence-electron chi connectivity index (χ1n) is 8.15. The summed E-state index contributed by atoms with van der Waals surface area (Å²) in [5.41, 5.74) is 0. The number of hydrogen-bond donors (Lipinski definition) is 1. The molecule has 1 saturated heterocycles. The standard InChI is InChI=1S/C16H31NO/c1-3-10-17-12-15(14-6-4-5-7-14)11-16-9-8-13(2)18-16/h13-17H,3-12H2,1-2H3. The largest absolute Gasteiger partial charge is 0.375 e. The molecule has 0 aromatic rings. The summed E-state index contributed by atoms with van der Waals surface area (Å²) < 4.78 is 6.03. The molecule has 106 valence electrons. The molecule has 1 aliphatic carbocycles. The van der Waals surface area contributed by atoms with Gasteiger partial charge in [0.1, 0.15) is 0 Å². The van der Waals surface area contributed by atoms with Crippen molar-refractivity contribution in [2.24, 2.45) is 11.8 Å². The molecule has 2 fully saturated rings. The number of ether oxygens (including phenoxy) is 1. The highest BCUT2D eigenvalue weighted by molar-refractivity contribution is 4.82. The summed E-state index contributed by atoms with van der Waals surface area (Å²) in [6.45, 7) is 6.86. The van der Waals surface area contributed by atoms with E-state index in [1.54, 1.807) is 0 Å². The van der Waals surface area contributed by atoms with Crippen molar-refractivity contribution in [2.75, 3.05) is 13.1 Å². The second kappa shape index (κ2) is 7.49. The maximum absolute atomic E-state index is 6.03. The van der Waals surface area contributed by atoms with E-state index in [0.29, 0.717) is 12.2 Å². The van der Waals surface area contributed by atoms with Gasteiger partial charge in [-0.1, -0.05) is 32.6 Å². The van der Waals surface area contributed by atoms with Gasteiger partial charge >= 0.3 is 0 Å². The Hall–Kier alpha value is -0.0800. The fourth-order valence-electron chi connectivity index (χ4n) is 3.73. The zero-order chi connectivity index (χ0) is 12.8. The number of nitrogens with one attached hydrogen (secondary N) is 1. The van der Waals surface area contributed by atoms with Crippen molar-refractivity contribution < 1.29 is 4.74 Å². The molecule has 1 N–H and O–H groups in total. The van der Waals surface area contributed by atoms with Crippen molar-refractivity contribution >= 4 is 0 Å². The van der Waals surface area contributed by atoms with Gasteiger partial charge in [-0.15, -0.1) is 0 Å². The average Bonchev–Trinajstić information content (AvgIpc) is 2.99. The molecular weight excluding hydrogens is 222 g/mol. The molecule has 1 heterocycles. The minimum atomic E-state index is 0.503. The molecule has 18 heavy (non-hydrogen) atoms. The lowest BCUT2D eigenvalue weighted by molar-refractivity contribution is 0.0344. The highest BCUT2D eigenvalue weighted by Crippen LogP contribution is 2.35. The topological polar surface area (TPSA) is 21.3 Å². The molecule has 2 heteroatoms. The average molecular weight is 253 g/mol. The second-order valence-electron chi connectivity index (χ2n) is 6.39. The zero-order valence-electron chi connectivity index (χ0n) is 12.3. The Kier molecular flexibility index (Phi) is 5.97. The van der Waals surface area contributed by atoms with Crippen LogP contribution in [0.4, 0.5) is 0 Å². The summed E-state index contributed by atoms with van der Waals surface area (Å²) in [7, 11) is 0. The van der Waals surface area contributed by atoms with Gasteiger partial charge in [0.15, 0.2) is 0 Å². The fourth-order valence-corrected chi connectivity index (χ4v) is 3.73. The van der Waals surface area contributed by atoms with Crippen molar-refractivity contribution in [3.63, 3.8) is 0 Å². The maximum Gasteiger partial charge on any atom is 0.0583 e. The fraction of sp³-hybridized carbons (Fsp3) is 1.00. The van der Waals surface area contributed by atoms with E-state index < -0.39 is 0 Å². The summed E-state index contributed by atoms with van der Waals surface area (Å²) in [6.07, 6.45) is 12.0. The van der Waals surface area contributed by atoms with Crippen LogP contribution in [0.15, 0.2) is 0 Å². The van der Waals surface area contributed by atoms with E-state index in [0.717, 1.165) is 11.8 Å². The first-order chi connectivity index (χ1) is 8.79. The minimum absolute atomic E-state index is 0.503. The van der Waals surface area contributed by atoms with Crippen LogP contribution in [0.2, 0.25) is 0 Å². The normalized spacial score (nSPS) is 31.0. The molecule has 3 unspecified atom stereocenters. The molecule has 0 aromatic heterocycles. The van der Waals surface area contributed by atoms with E-state index in [1.807, 2.05) is 0 Å². The van der Waals surface area contributed by atoms with Crippen molar-refractivity contribution in [1.29, 1.82) is 0 Å². The van der Waals surface area contributed by atoms with Crippen LogP contribution in [0.5, 0.6) is 0 Å².